The number of benzene rings is 3. The lowest BCUT2D eigenvalue weighted by molar-refractivity contribution is 0.0949. The van der Waals surface area contributed by atoms with Crippen LogP contribution in [0.5, 0.6) is 11.5 Å². The van der Waals surface area contributed by atoms with Gasteiger partial charge < -0.3 is 14.5 Å². The minimum atomic E-state index is -0.409. The maximum absolute atomic E-state index is 12.9. The van der Waals surface area contributed by atoms with Crippen molar-refractivity contribution in [2.75, 3.05) is 6.79 Å². The fourth-order valence-corrected chi connectivity index (χ4v) is 3.95. The fraction of sp³-hybridized carbons (Fsp3) is 0.0385. The van der Waals surface area contributed by atoms with Gasteiger partial charge in [0.15, 0.2) is 17.2 Å². The van der Waals surface area contributed by atoms with Gasteiger partial charge in [0.2, 0.25) is 6.79 Å². The molecule has 166 valence electrons. The van der Waals surface area contributed by atoms with Crippen LogP contribution in [0.2, 0.25) is 0 Å². The summed E-state index contributed by atoms with van der Waals surface area (Å²) in [6.07, 6.45) is 3.48. The van der Waals surface area contributed by atoms with Gasteiger partial charge in [0.1, 0.15) is 0 Å². The summed E-state index contributed by atoms with van der Waals surface area (Å²) in [6, 6.07) is 25.0. The standard InChI is InChI=1S/C26H19N5O3/c32-26(29-28-14-17-10-11-24-25(12-17)34-16-33-24)22-13-23(31(30-22)18-6-2-1-3-7-18)20-15-27-21-9-5-4-8-19(20)21/h1-15,27H,16H2,(H,29,32). The lowest BCUT2D eigenvalue weighted by Gasteiger charge is -2.06. The summed E-state index contributed by atoms with van der Waals surface area (Å²) in [5.41, 5.74) is 7.21. The zero-order valence-corrected chi connectivity index (χ0v) is 17.9. The molecule has 1 aliphatic rings. The Bertz CT molecular complexity index is 1530. The Balaban J connectivity index is 1.31. The SMILES string of the molecule is O=C(NN=Cc1ccc2c(c1)OCO2)c1cc(-c2c[nH]c3ccccc23)n(-c2ccccc2)n1. The molecule has 0 bridgehead atoms. The summed E-state index contributed by atoms with van der Waals surface area (Å²) in [7, 11) is 0. The highest BCUT2D eigenvalue weighted by molar-refractivity contribution is 5.98. The first-order valence-electron chi connectivity index (χ1n) is 10.7. The number of carbonyl (C=O) groups is 1. The van der Waals surface area contributed by atoms with E-state index in [4.69, 9.17) is 9.47 Å². The van der Waals surface area contributed by atoms with E-state index in [2.05, 4.69) is 20.6 Å². The van der Waals surface area contributed by atoms with E-state index in [0.717, 1.165) is 33.4 Å². The molecule has 5 aromatic rings. The van der Waals surface area contributed by atoms with Crippen LogP contribution < -0.4 is 14.9 Å². The summed E-state index contributed by atoms with van der Waals surface area (Å²) in [5.74, 6) is 0.936. The van der Waals surface area contributed by atoms with Gasteiger partial charge in [-0.2, -0.15) is 10.2 Å². The van der Waals surface area contributed by atoms with Crippen molar-refractivity contribution in [1.29, 1.82) is 0 Å². The topological polar surface area (TPSA) is 93.5 Å². The van der Waals surface area contributed by atoms with E-state index in [-0.39, 0.29) is 12.5 Å². The van der Waals surface area contributed by atoms with E-state index in [1.807, 2.05) is 66.9 Å². The number of carbonyl (C=O) groups excluding carboxylic acids is 1. The van der Waals surface area contributed by atoms with Gasteiger partial charge in [-0.15, -0.1) is 0 Å². The third-order valence-corrected chi connectivity index (χ3v) is 5.58. The van der Waals surface area contributed by atoms with Crippen molar-refractivity contribution in [3.63, 3.8) is 0 Å². The summed E-state index contributed by atoms with van der Waals surface area (Å²) in [6.45, 7) is 0.204. The molecule has 8 heteroatoms. The van der Waals surface area contributed by atoms with Crippen LogP contribution in [-0.2, 0) is 0 Å². The molecule has 6 rings (SSSR count). The summed E-state index contributed by atoms with van der Waals surface area (Å²) < 4.78 is 12.5. The number of ether oxygens (including phenoxy) is 2. The Morgan fingerprint density at radius 2 is 1.82 bits per heavy atom. The molecule has 1 amide bonds. The molecule has 0 atom stereocenters. The largest absolute Gasteiger partial charge is 0.454 e. The Morgan fingerprint density at radius 3 is 2.74 bits per heavy atom. The number of para-hydroxylation sites is 2. The highest BCUT2D eigenvalue weighted by Crippen LogP contribution is 2.32. The van der Waals surface area contributed by atoms with Crippen molar-refractivity contribution in [3.8, 4) is 28.4 Å². The van der Waals surface area contributed by atoms with Crippen molar-refractivity contribution >= 4 is 23.0 Å². The fourth-order valence-electron chi connectivity index (χ4n) is 3.95. The first-order chi connectivity index (χ1) is 16.8. The predicted molar refractivity (Wildman–Crippen MR) is 128 cm³/mol. The number of aromatic nitrogens is 3. The number of aromatic amines is 1. The Labute approximate surface area is 194 Å². The number of hydrazone groups is 1. The van der Waals surface area contributed by atoms with Gasteiger partial charge in [-0.3, -0.25) is 4.79 Å². The molecule has 0 spiro atoms. The molecular weight excluding hydrogens is 430 g/mol. The average Bonchev–Trinajstić information content (AvgIpc) is 3.62. The zero-order valence-electron chi connectivity index (χ0n) is 17.9. The molecule has 3 aromatic carbocycles. The van der Waals surface area contributed by atoms with Gasteiger partial charge in [-0.05, 0) is 48.0 Å². The van der Waals surface area contributed by atoms with Crippen LogP contribution in [0.1, 0.15) is 16.1 Å². The predicted octanol–water partition coefficient (Wildman–Crippen LogP) is 4.51. The van der Waals surface area contributed by atoms with E-state index in [9.17, 15) is 4.79 Å². The van der Waals surface area contributed by atoms with E-state index in [0.29, 0.717) is 11.5 Å². The molecule has 3 heterocycles. The van der Waals surface area contributed by atoms with E-state index < -0.39 is 5.91 Å². The molecule has 0 saturated carbocycles. The smallest absolute Gasteiger partial charge is 0.291 e. The maximum atomic E-state index is 12.9. The highest BCUT2D eigenvalue weighted by Gasteiger charge is 2.19. The quantitative estimate of drug-likeness (QED) is 0.305. The van der Waals surface area contributed by atoms with Gasteiger partial charge in [-0.25, -0.2) is 10.1 Å². The number of fused-ring (bicyclic) bond motifs is 2. The number of amides is 1. The molecule has 0 radical (unpaired) electrons. The lowest BCUT2D eigenvalue weighted by Crippen LogP contribution is -2.18. The monoisotopic (exact) mass is 449 g/mol. The third-order valence-electron chi connectivity index (χ3n) is 5.58. The van der Waals surface area contributed by atoms with Crippen molar-refractivity contribution in [3.05, 3.63) is 96.3 Å². The summed E-state index contributed by atoms with van der Waals surface area (Å²) in [5, 5.41) is 9.74. The summed E-state index contributed by atoms with van der Waals surface area (Å²) in [4.78, 5) is 16.2. The second kappa shape index (κ2) is 8.25. The van der Waals surface area contributed by atoms with Crippen LogP contribution in [0.15, 0.2) is 90.2 Å². The van der Waals surface area contributed by atoms with Crippen LogP contribution in [0.4, 0.5) is 0 Å². The van der Waals surface area contributed by atoms with Gasteiger partial charge >= 0.3 is 0 Å². The average molecular weight is 449 g/mol. The highest BCUT2D eigenvalue weighted by atomic mass is 16.7. The molecule has 1 aliphatic heterocycles. The molecule has 0 saturated heterocycles. The van der Waals surface area contributed by atoms with Crippen LogP contribution in [0.3, 0.4) is 0 Å². The van der Waals surface area contributed by atoms with E-state index >= 15 is 0 Å². The molecule has 2 aromatic heterocycles. The first-order valence-corrected chi connectivity index (χ1v) is 10.7. The van der Waals surface area contributed by atoms with Crippen molar-refractivity contribution in [1.82, 2.24) is 20.2 Å². The van der Waals surface area contributed by atoms with Crippen molar-refractivity contribution in [2.24, 2.45) is 5.10 Å². The molecular formula is C26H19N5O3. The second-order valence-electron chi connectivity index (χ2n) is 7.72. The van der Waals surface area contributed by atoms with Gasteiger partial charge in [-0.1, -0.05) is 36.4 Å². The van der Waals surface area contributed by atoms with Gasteiger partial charge in [0.05, 0.1) is 17.6 Å². The molecule has 2 N–H and O–H groups in total. The zero-order chi connectivity index (χ0) is 22.9. The summed E-state index contributed by atoms with van der Waals surface area (Å²) >= 11 is 0. The van der Waals surface area contributed by atoms with Crippen molar-refractivity contribution < 1.29 is 14.3 Å². The Hall–Kier alpha value is -4.85. The third kappa shape index (κ3) is 3.57. The number of hydrogen-bond donors (Lipinski definition) is 2. The molecule has 0 unspecified atom stereocenters. The van der Waals surface area contributed by atoms with Crippen LogP contribution in [0, 0.1) is 0 Å². The Morgan fingerprint density at radius 1 is 1.00 bits per heavy atom. The minimum Gasteiger partial charge on any atom is -0.454 e. The molecule has 34 heavy (non-hydrogen) atoms. The van der Waals surface area contributed by atoms with Crippen LogP contribution in [-0.4, -0.2) is 33.7 Å². The molecule has 8 nitrogen and oxygen atoms in total. The lowest BCUT2D eigenvalue weighted by atomic mass is 10.1. The number of nitrogens with one attached hydrogen (secondary N) is 2. The normalized spacial score (nSPS) is 12.5. The van der Waals surface area contributed by atoms with E-state index in [1.165, 1.54) is 0 Å². The molecule has 0 aliphatic carbocycles. The van der Waals surface area contributed by atoms with Gasteiger partial charge in [0.25, 0.3) is 5.91 Å². The first kappa shape index (κ1) is 19.8. The van der Waals surface area contributed by atoms with Crippen LogP contribution >= 0.6 is 0 Å². The maximum Gasteiger partial charge on any atom is 0.291 e. The van der Waals surface area contributed by atoms with Crippen molar-refractivity contribution in [2.45, 2.75) is 0 Å². The van der Waals surface area contributed by atoms with Crippen LogP contribution in [0.25, 0.3) is 27.8 Å². The van der Waals surface area contributed by atoms with Gasteiger partial charge in [0, 0.05) is 22.7 Å². The number of nitrogens with zero attached hydrogens (tertiary/aromatic N) is 3. The number of hydrogen-bond acceptors (Lipinski definition) is 5. The number of H-pyrrole nitrogens is 1. The Kier molecular flexibility index (Phi) is 4.81. The second-order valence-corrected chi connectivity index (χ2v) is 7.72. The van der Waals surface area contributed by atoms with E-state index in [1.54, 1.807) is 29.1 Å². The minimum absolute atomic E-state index is 0.204. The molecule has 0 fully saturated rings. The number of rotatable bonds is 5.